The molecule has 18 heteroatoms. The van der Waals surface area contributed by atoms with E-state index < -0.39 is 11.9 Å². The van der Waals surface area contributed by atoms with Gasteiger partial charge in [-0.05, 0) is 60.4 Å². The van der Waals surface area contributed by atoms with Crippen molar-refractivity contribution in [2.45, 2.75) is 45.3 Å². The minimum Gasteiger partial charge on any atom is -0.379 e. The molecule has 1 unspecified atom stereocenters. The number of piperidine rings is 1. The largest absolute Gasteiger partial charge is 0.379 e. The Labute approximate surface area is 405 Å². The van der Waals surface area contributed by atoms with E-state index in [0.717, 1.165) is 22.4 Å². The van der Waals surface area contributed by atoms with Crippen molar-refractivity contribution in [3.8, 4) is 0 Å². The van der Waals surface area contributed by atoms with Crippen LogP contribution in [0.2, 0.25) is 0 Å². The zero-order valence-corrected chi connectivity index (χ0v) is 39.1. The highest BCUT2D eigenvalue weighted by Gasteiger charge is 2.40. The van der Waals surface area contributed by atoms with Crippen LogP contribution in [0.3, 0.4) is 0 Å². The Balaban J connectivity index is 0.732. The number of halogens is 1. The Hall–Kier alpha value is -6.73. The maximum absolute atomic E-state index is 13.5. The predicted octanol–water partition coefficient (Wildman–Crippen LogP) is 5.28. The van der Waals surface area contributed by atoms with Crippen molar-refractivity contribution >= 4 is 80.4 Å². The van der Waals surface area contributed by atoms with Crippen molar-refractivity contribution in [2.24, 2.45) is 0 Å². The number of fused-ring (bicyclic) bond motifs is 2. The van der Waals surface area contributed by atoms with Crippen LogP contribution in [-0.2, 0) is 56.0 Å². The van der Waals surface area contributed by atoms with E-state index in [1.165, 1.54) is 11.0 Å². The first-order chi connectivity index (χ1) is 33.6. The maximum atomic E-state index is 13.5. The Kier molecular flexibility index (Phi) is 18.2. The predicted molar refractivity (Wildman–Crippen MR) is 262 cm³/mol. The van der Waals surface area contributed by atoms with E-state index in [4.69, 9.17) is 30.5 Å². The van der Waals surface area contributed by atoms with E-state index >= 15 is 0 Å². The number of benzene rings is 4. The van der Waals surface area contributed by atoms with Crippen LogP contribution in [0.4, 0.5) is 17.1 Å². The molecule has 3 aliphatic heterocycles. The first kappa shape index (κ1) is 50.2. The number of nitrogens with one attached hydrogen (secondary N) is 6. The van der Waals surface area contributed by atoms with E-state index in [9.17, 15) is 28.8 Å². The second kappa shape index (κ2) is 25.0. The van der Waals surface area contributed by atoms with Gasteiger partial charge in [-0.15, -0.1) is 0 Å². The summed E-state index contributed by atoms with van der Waals surface area (Å²) in [6, 6.07) is 27.4. The normalized spacial score (nSPS) is 16.2. The number of hydrogen-bond acceptors (Lipinski definition) is 12. The smallest absolute Gasteiger partial charge is 0.258 e. The van der Waals surface area contributed by atoms with E-state index in [0.29, 0.717) is 105 Å². The van der Waals surface area contributed by atoms with Crippen molar-refractivity contribution in [3.05, 3.63) is 130 Å². The van der Waals surface area contributed by atoms with Gasteiger partial charge in [-0.25, -0.2) is 0 Å². The molecule has 4 aromatic carbocycles. The zero-order valence-electron chi connectivity index (χ0n) is 38.3. The number of hydrogen-bond donors (Lipinski definition) is 6. The number of carbonyl (C=O) groups is 6. The molecule has 0 radical (unpaired) electrons. The van der Waals surface area contributed by atoms with Crippen molar-refractivity contribution in [1.82, 2.24) is 20.9 Å². The van der Waals surface area contributed by atoms with Crippen LogP contribution < -0.4 is 31.9 Å². The van der Waals surface area contributed by atoms with Crippen molar-refractivity contribution < 1.29 is 47.7 Å². The molecule has 1 fully saturated rings. The minimum atomic E-state index is -0.731. The van der Waals surface area contributed by atoms with Gasteiger partial charge in [0.2, 0.25) is 23.6 Å². The number of likely N-dealkylation sites (N-methyl/N-ethyl adjacent to an activating group) is 1. The molecule has 69 heavy (non-hydrogen) atoms. The second-order valence-corrected chi connectivity index (χ2v) is 16.6. The summed E-state index contributed by atoms with van der Waals surface area (Å²) in [4.78, 5) is 76.6. The standard InChI is InChI=1S/C51H56ClN7O10/c1-2-54-46(62)30-40(52)35-13-16-38-42(29-35)57-50(64)47(38)48(34-7-4-3-5-8-34)55-36-14-11-33(12-15-36)31-53-20-22-67-24-26-69-28-27-68-25-23-66-21-19-45(61)56-41-10-6-9-37-39(41)32-59(51(37)65)43-17-18-44(60)58-49(43)63/h3-16,29-30,43,53,55H,2,17-28,31-32H2,1H3,(H,54,62)(H,56,61)(H,57,64)(H,58,60,63)/b40-30?,48-47-. The molecule has 1 saturated heterocycles. The highest BCUT2D eigenvalue weighted by molar-refractivity contribution is 6.50. The van der Waals surface area contributed by atoms with Gasteiger partial charge in [0, 0.05) is 72.4 Å². The van der Waals surface area contributed by atoms with Gasteiger partial charge >= 0.3 is 0 Å². The van der Waals surface area contributed by atoms with Gasteiger partial charge in [-0.2, -0.15) is 0 Å². The fourth-order valence-electron chi connectivity index (χ4n) is 7.95. The van der Waals surface area contributed by atoms with Crippen LogP contribution >= 0.6 is 11.6 Å². The number of amides is 6. The highest BCUT2D eigenvalue weighted by atomic mass is 35.5. The summed E-state index contributed by atoms with van der Waals surface area (Å²) in [5, 5.41) is 18.0. The molecular weight excluding hydrogens is 906 g/mol. The minimum absolute atomic E-state index is 0.107. The molecule has 0 spiro atoms. The molecule has 0 aliphatic carbocycles. The monoisotopic (exact) mass is 961 g/mol. The van der Waals surface area contributed by atoms with Crippen LogP contribution in [0.5, 0.6) is 0 Å². The number of nitrogens with zero attached hydrogens (tertiary/aromatic N) is 1. The molecule has 1 atom stereocenters. The molecule has 6 N–H and O–H groups in total. The van der Waals surface area contributed by atoms with Crippen LogP contribution in [0, 0.1) is 0 Å². The zero-order chi connectivity index (χ0) is 48.5. The molecule has 7 rings (SSSR count). The molecule has 6 amide bonds. The van der Waals surface area contributed by atoms with E-state index in [-0.39, 0.29) is 67.0 Å². The highest BCUT2D eigenvalue weighted by Crippen LogP contribution is 2.39. The SMILES string of the molecule is CCNC(=O)C=C(Cl)c1ccc2c(c1)NC(=O)/C2=C(\Nc1ccc(CNCCOCCOCCOCCOCCC(=O)Nc2cccc3c2CN(C2CCC(=O)NC2=O)C3=O)cc1)c1ccccc1. The van der Waals surface area contributed by atoms with Gasteiger partial charge in [-0.3, -0.25) is 34.1 Å². The van der Waals surface area contributed by atoms with Gasteiger partial charge in [0.1, 0.15) is 6.04 Å². The Morgan fingerprint density at radius 3 is 2.19 bits per heavy atom. The number of rotatable bonds is 25. The summed E-state index contributed by atoms with van der Waals surface area (Å²) in [5.74, 6) is -1.95. The van der Waals surface area contributed by atoms with Gasteiger partial charge in [-0.1, -0.05) is 72.3 Å². The summed E-state index contributed by atoms with van der Waals surface area (Å²) < 4.78 is 22.4. The van der Waals surface area contributed by atoms with Crippen molar-refractivity contribution in [3.63, 3.8) is 0 Å². The summed E-state index contributed by atoms with van der Waals surface area (Å²) in [5.41, 5.74) is 7.40. The lowest BCUT2D eigenvalue weighted by molar-refractivity contribution is -0.137. The quantitative estimate of drug-likeness (QED) is 0.0285. The molecule has 0 aromatic heterocycles. The van der Waals surface area contributed by atoms with Gasteiger partial charge in [0.15, 0.2) is 0 Å². The maximum Gasteiger partial charge on any atom is 0.258 e. The lowest BCUT2D eigenvalue weighted by Crippen LogP contribution is -2.52. The fourth-order valence-corrected chi connectivity index (χ4v) is 8.16. The molecule has 3 aliphatic rings. The van der Waals surface area contributed by atoms with Crippen LogP contribution in [0.15, 0.2) is 97.1 Å². The molecule has 362 valence electrons. The number of carbonyl (C=O) groups excluding carboxylic acids is 6. The molecular formula is C51H56ClN7O10. The summed E-state index contributed by atoms with van der Waals surface area (Å²) in [6.07, 6.45) is 1.86. The van der Waals surface area contributed by atoms with E-state index in [1.807, 2.05) is 67.6 Å². The van der Waals surface area contributed by atoms with E-state index in [2.05, 4.69) is 31.9 Å². The van der Waals surface area contributed by atoms with Gasteiger partial charge < -0.3 is 50.4 Å². The third-order valence-corrected chi connectivity index (χ3v) is 11.7. The van der Waals surface area contributed by atoms with Crippen LogP contribution in [0.1, 0.15) is 64.4 Å². The Morgan fingerprint density at radius 2 is 1.48 bits per heavy atom. The lowest BCUT2D eigenvalue weighted by atomic mass is 9.98. The van der Waals surface area contributed by atoms with Crippen LogP contribution in [0.25, 0.3) is 16.3 Å². The third-order valence-electron chi connectivity index (χ3n) is 11.4. The van der Waals surface area contributed by atoms with Gasteiger partial charge in [0.05, 0.1) is 75.6 Å². The fraction of sp³-hybridized carbons (Fsp3) is 0.333. The third kappa shape index (κ3) is 13.7. The Morgan fingerprint density at radius 1 is 0.768 bits per heavy atom. The first-order valence-corrected chi connectivity index (χ1v) is 23.3. The molecule has 0 saturated carbocycles. The molecule has 4 aromatic rings. The van der Waals surface area contributed by atoms with Crippen molar-refractivity contribution in [2.75, 3.05) is 81.9 Å². The van der Waals surface area contributed by atoms with Crippen LogP contribution in [-0.4, -0.2) is 112 Å². The number of imide groups is 1. The first-order valence-electron chi connectivity index (χ1n) is 22.9. The van der Waals surface area contributed by atoms with Gasteiger partial charge in [0.25, 0.3) is 11.8 Å². The van der Waals surface area contributed by atoms with Crippen molar-refractivity contribution in [1.29, 1.82) is 0 Å². The molecule has 17 nitrogen and oxygen atoms in total. The number of anilines is 3. The summed E-state index contributed by atoms with van der Waals surface area (Å²) >= 11 is 6.45. The average molecular weight is 963 g/mol. The lowest BCUT2D eigenvalue weighted by Gasteiger charge is -2.29. The van der Waals surface area contributed by atoms with E-state index in [1.54, 1.807) is 30.3 Å². The topological polar surface area (TPSA) is 215 Å². The molecule has 0 bridgehead atoms. The summed E-state index contributed by atoms with van der Waals surface area (Å²) in [6.45, 7) is 6.79. The second-order valence-electron chi connectivity index (χ2n) is 16.2. The Bertz CT molecular complexity index is 2570. The average Bonchev–Trinajstić information content (AvgIpc) is 3.86. The molecule has 3 heterocycles. The summed E-state index contributed by atoms with van der Waals surface area (Å²) in [7, 11) is 0. The number of ether oxygens (including phenoxy) is 4.